The fourth-order valence-corrected chi connectivity index (χ4v) is 2.69. The van der Waals surface area contributed by atoms with E-state index in [9.17, 15) is 0 Å². The molecule has 0 fully saturated rings. The molecular formula is C17H35ClO3. The predicted molar refractivity (Wildman–Crippen MR) is 89.9 cm³/mol. The molecule has 0 aliphatic heterocycles. The molecule has 0 atom stereocenters. The summed E-state index contributed by atoms with van der Waals surface area (Å²) in [6.07, 6.45) is 10.8. The summed E-state index contributed by atoms with van der Waals surface area (Å²) in [6.45, 7) is 7.77. The SMILES string of the molecule is CCOC(CCCCCCCCCCCl)(OCC)OCC. The molecule has 0 bridgehead atoms. The summed E-state index contributed by atoms with van der Waals surface area (Å²) in [5, 5.41) is 0. The van der Waals surface area contributed by atoms with Gasteiger partial charge in [-0.15, -0.1) is 11.6 Å². The predicted octanol–water partition coefficient (Wildman–Crippen LogP) is 5.50. The standard InChI is InChI=1S/C17H35ClO3/c1-4-19-17(20-5-2,21-6-3)15-13-11-9-7-8-10-12-14-16-18/h4-16H2,1-3H3. The molecule has 0 aromatic carbocycles. The van der Waals surface area contributed by atoms with Gasteiger partial charge in [0.2, 0.25) is 0 Å². The Kier molecular flexibility index (Phi) is 15.2. The van der Waals surface area contributed by atoms with Gasteiger partial charge in [0, 0.05) is 32.1 Å². The molecule has 0 aromatic rings. The molecule has 0 aromatic heterocycles. The fourth-order valence-electron chi connectivity index (χ4n) is 2.50. The van der Waals surface area contributed by atoms with E-state index in [1.807, 2.05) is 20.8 Å². The Hall–Kier alpha value is 0.170. The Morgan fingerprint density at radius 3 is 1.38 bits per heavy atom. The molecule has 0 N–H and O–H groups in total. The van der Waals surface area contributed by atoms with Crippen molar-refractivity contribution in [1.29, 1.82) is 0 Å². The van der Waals surface area contributed by atoms with Crippen molar-refractivity contribution in [3.63, 3.8) is 0 Å². The minimum Gasteiger partial charge on any atom is -0.328 e. The molecule has 0 saturated heterocycles. The summed E-state index contributed by atoms with van der Waals surface area (Å²) in [5.74, 6) is -0.0209. The third-order valence-corrected chi connectivity index (χ3v) is 3.73. The summed E-state index contributed by atoms with van der Waals surface area (Å²) in [7, 11) is 0. The topological polar surface area (TPSA) is 27.7 Å². The van der Waals surface area contributed by atoms with Crippen LogP contribution in [0, 0.1) is 0 Å². The molecule has 0 radical (unpaired) electrons. The van der Waals surface area contributed by atoms with Crippen molar-refractivity contribution in [3.05, 3.63) is 0 Å². The summed E-state index contributed by atoms with van der Waals surface area (Å²) in [5.41, 5.74) is 0. The molecule has 0 aliphatic carbocycles. The zero-order valence-corrected chi connectivity index (χ0v) is 15.1. The second kappa shape index (κ2) is 15.1. The smallest absolute Gasteiger partial charge is 0.282 e. The molecule has 0 spiro atoms. The van der Waals surface area contributed by atoms with Gasteiger partial charge in [0.25, 0.3) is 5.97 Å². The second-order valence-corrected chi connectivity index (χ2v) is 5.63. The molecule has 0 aliphatic rings. The van der Waals surface area contributed by atoms with Gasteiger partial charge in [-0.1, -0.05) is 38.5 Å². The van der Waals surface area contributed by atoms with E-state index in [1.165, 1.54) is 38.5 Å². The van der Waals surface area contributed by atoms with Crippen LogP contribution in [0.2, 0.25) is 0 Å². The summed E-state index contributed by atoms with van der Waals surface area (Å²) >= 11 is 5.67. The molecule has 128 valence electrons. The highest BCUT2D eigenvalue weighted by Gasteiger charge is 2.31. The number of hydrogen-bond acceptors (Lipinski definition) is 3. The lowest BCUT2D eigenvalue weighted by atomic mass is 10.1. The molecule has 21 heavy (non-hydrogen) atoms. The molecule has 4 heteroatoms. The first-order valence-electron chi connectivity index (χ1n) is 8.72. The Morgan fingerprint density at radius 2 is 1.00 bits per heavy atom. The third kappa shape index (κ3) is 11.4. The van der Waals surface area contributed by atoms with E-state index >= 15 is 0 Å². The van der Waals surface area contributed by atoms with E-state index < -0.39 is 5.97 Å². The molecule has 3 nitrogen and oxygen atoms in total. The van der Waals surface area contributed by atoms with E-state index in [4.69, 9.17) is 25.8 Å². The number of halogens is 1. The van der Waals surface area contributed by atoms with Crippen molar-refractivity contribution in [3.8, 4) is 0 Å². The first-order chi connectivity index (χ1) is 10.2. The fraction of sp³-hybridized carbons (Fsp3) is 1.00. The van der Waals surface area contributed by atoms with Gasteiger partial charge < -0.3 is 14.2 Å². The van der Waals surface area contributed by atoms with Crippen molar-refractivity contribution < 1.29 is 14.2 Å². The number of alkyl halides is 1. The number of hydrogen-bond donors (Lipinski definition) is 0. The average Bonchev–Trinajstić information content (AvgIpc) is 2.46. The van der Waals surface area contributed by atoms with Crippen LogP contribution in [0.4, 0.5) is 0 Å². The normalized spacial score (nSPS) is 12.0. The van der Waals surface area contributed by atoms with Crippen molar-refractivity contribution in [1.82, 2.24) is 0 Å². The number of unbranched alkanes of at least 4 members (excludes halogenated alkanes) is 7. The highest BCUT2D eigenvalue weighted by Crippen LogP contribution is 2.24. The highest BCUT2D eigenvalue weighted by atomic mass is 35.5. The molecule has 0 unspecified atom stereocenters. The van der Waals surface area contributed by atoms with Crippen LogP contribution in [0.25, 0.3) is 0 Å². The van der Waals surface area contributed by atoms with Crippen LogP contribution in [-0.2, 0) is 14.2 Å². The monoisotopic (exact) mass is 322 g/mol. The lowest BCUT2D eigenvalue weighted by Crippen LogP contribution is -2.39. The summed E-state index contributed by atoms with van der Waals surface area (Å²) < 4.78 is 17.2. The average molecular weight is 323 g/mol. The van der Waals surface area contributed by atoms with Gasteiger partial charge in [-0.2, -0.15) is 0 Å². The van der Waals surface area contributed by atoms with Crippen LogP contribution in [0.5, 0.6) is 0 Å². The van der Waals surface area contributed by atoms with Crippen molar-refractivity contribution in [2.45, 2.75) is 84.5 Å². The molecule has 0 heterocycles. The van der Waals surface area contributed by atoms with Crippen molar-refractivity contribution in [2.24, 2.45) is 0 Å². The zero-order valence-electron chi connectivity index (χ0n) is 14.3. The second-order valence-electron chi connectivity index (χ2n) is 5.25. The van der Waals surface area contributed by atoms with Crippen LogP contribution in [-0.4, -0.2) is 31.7 Å². The van der Waals surface area contributed by atoms with E-state index in [0.29, 0.717) is 19.8 Å². The van der Waals surface area contributed by atoms with Crippen LogP contribution < -0.4 is 0 Å². The van der Waals surface area contributed by atoms with E-state index in [2.05, 4.69) is 0 Å². The van der Waals surface area contributed by atoms with E-state index in [-0.39, 0.29) is 0 Å². The van der Waals surface area contributed by atoms with Gasteiger partial charge in [-0.05, 0) is 33.6 Å². The van der Waals surface area contributed by atoms with Crippen LogP contribution in [0.1, 0.15) is 78.6 Å². The molecule has 0 rings (SSSR count). The number of ether oxygens (including phenoxy) is 3. The maximum absolute atomic E-state index is 5.73. The summed E-state index contributed by atoms with van der Waals surface area (Å²) in [4.78, 5) is 0. The van der Waals surface area contributed by atoms with Gasteiger partial charge in [-0.3, -0.25) is 0 Å². The minimum atomic E-state index is -0.821. The summed E-state index contributed by atoms with van der Waals surface area (Å²) in [6, 6.07) is 0. The largest absolute Gasteiger partial charge is 0.328 e. The lowest BCUT2D eigenvalue weighted by Gasteiger charge is -2.32. The minimum absolute atomic E-state index is 0.612. The van der Waals surface area contributed by atoms with Gasteiger partial charge in [0.15, 0.2) is 0 Å². The third-order valence-electron chi connectivity index (χ3n) is 3.46. The Morgan fingerprint density at radius 1 is 0.619 bits per heavy atom. The van der Waals surface area contributed by atoms with Gasteiger partial charge >= 0.3 is 0 Å². The molecule has 0 saturated carbocycles. The van der Waals surface area contributed by atoms with Gasteiger partial charge in [-0.25, -0.2) is 0 Å². The van der Waals surface area contributed by atoms with Crippen LogP contribution in [0.15, 0.2) is 0 Å². The molecule has 0 amide bonds. The zero-order chi connectivity index (χ0) is 15.8. The van der Waals surface area contributed by atoms with Crippen molar-refractivity contribution in [2.75, 3.05) is 25.7 Å². The van der Waals surface area contributed by atoms with Crippen LogP contribution >= 0.6 is 11.6 Å². The van der Waals surface area contributed by atoms with Gasteiger partial charge in [0.1, 0.15) is 0 Å². The van der Waals surface area contributed by atoms with Crippen LogP contribution in [0.3, 0.4) is 0 Å². The Balaban J connectivity index is 3.76. The maximum atomic E-state index is 5.73. The van der Waals surface area contributed by atoms with E-state index in [1.54, 1.807) is 0 Å². The maximum Gasteiger partial charge on any atom is 0.282 e. The first-order valence-corrected chi connectivity index (χ1v) is 9.26. The highest BCUT2D eigenvalue weighted by molar-refractivity contribution is 6.17. The Bertz CT molecular complexity index is 195. The quantitative estimate of drug-likeness (QED) is 0.213. The number of rotatable bonds is 16. The lowest BCUT2D eigenvalue weighted by molar-refractivity contribution is -0.380. The van der Waals surface area contributed by atoms with Gasteiger partial charge in [0.05, 0.1) is 0 Å². The molecular weight excluding hydrogens is 288 g/mol. The first kappa shape index (κ1) is 21.2. The Labute approximate surface area is 136 Å². The van der Waals surface area contributed by atoms with E-state index in [0.717, 1.165) is 25.1 Å². The van der Waals surface area contributed by atoms with Crippen molar-refractivity contribution >= 4 is 11.6 Å².